The molecule has 0 aliphatic carbocycles. The van der Waals surface area contributed by atoms with Crippen LogP contribution in [0.1, 0.15) is 17.2 Å². The number of rotatable bonds is 3. The smallest absolute Gasteiger partial charge is 0.0604 e. The van der Waals surface area contributed by atoms with E-state index in [0.29, 0.717) is 10.0 Å². The summed E-state index contributed by atoms with van der Waals surface area (Å²) >= 11 is 12.1. The van der Waals surface area contributed by atoms with E-state index in [4.69, 9.17) is 23.2 Å². The van der Waals surface area contributed by atoms with Crippen LogP contribution in [0.25, 0.3) is 0 Å². The summed E-state index contributed by atoms with van der Waals surface area (Å²) in [6, 6.07) is 9.46. The Kier molecular flexibility index (Phi) is 4.00. The minimum Gasteiger partial charge on any atom is -0.309 e. The molecule has 0 saturated carbocycles. The van der Waals surface area contributed by atoms with Crippen LogP contribution < -0.4 is 5.32 Å². The minimum absolute atomic E-state index is 0.0217. The van der Waals surface area contributed by atoms with Crippen molar-refractivity contribution < 1.29 is 0 Å². The van der Waals surface area contributed by atoms with Gasteiger partial charge in [0.05, 0.1) is 6.04 Å². The van der Waals surface area contributed by atoms with Crippen molar-refractivity contribution >= 4 is 23.2 Å². The van der Waals surface area contributed by atoms with Crippen LogP contribution in [0.15, 0.2) is 42.7 Å². The van der Waals surface area contributed by atoms with Crippen molar-refractivity contribution in [1.82, 2.24) is 10.3 Å². The molecule has 88 valence electrons. The van der Waals surface area contributed by atoms with Crippen molar-refractivity contribution in [2.75, 3.05) is 7.05 Å². The maximum atomic E-state index is 6.21. The molecule has 0 fully saturated rings. The van der Waals surface area contributed by atoms with Crippen LogP contribution in [0.4, 0.5) is 0 Å². The van der Waals surface area contributed by atoms with Crippen LogP contribution in [-0.2, 0) is 0 Å². The zero-order chi connectivity index (χ0) is 12.3. The maximum absolute atomic E-state index is 6.21. The lowest BCUT2D eigenvalue weighted by Crippen LogP contribution is -2.18. The Morgan fingerprint density at radius 3 is 2.65 bits per heavy atom. The SMILES string of the molecule is CNC(c1cccnc1)c1ccc(Cl)cc1Cl. The zero-order valence-corrected chi connectivity index (χ0v) is 10.8. The molecule has 0 aliphatic rings. The standard InChI is InChI=1S/C13H12Cl2N2/c1-16-13(9-3-2-6-17-8-9)11-5-4-10(14)7-12(11)15/h2-8,13,16H,1H3. The number of aromatic nitrogens is 1. The fraction of sp³-hybridized carbons (Fsp3) is 0.154. The molecule has 0 aliphatic heterocycles. The summed E-state index contributed by atoms with van der Waals surface area (Å²) in [6.45, 7) is 0. The van der Waals surface area contributed by atoms with E-state index in [2.05, 4.69) is 10.3 Å². The van der Waals surface area contributed by atoms with Crippen LogP contribution in [-0.4, -0.2) is 12.0 Å². The third kappa shape index (κ3) is 2.78. The first-order valence-electron chi connectivity index (χ1n) is 5.24. The molecule has 0 bridgehead atoms. The van der Waals surface area contributed by atoms with Gasteiger partial charge in [-0.3, -0.25) is 4.98 Å². The van der Waals surface area contributed by atoms with Gasteiger partial charge in [0.15, 0.2) is 0 Å². The summed E-state index contributed by atoms with van der Waals surface area (Å²) in [6.07, 6.45) is 3.58. The lowest BCUT2D eigenvalue weighted by Gasteiger charge is -2.18. The third-order valence-corrected chi connectivity index (χ3v) is 3.14. The molecule has 2 aromatic rings. The van der Waals surface area contributed by atoms with Gasteiger partial charge in [-0.1, -0.05) is 35.3 Å². The maximum Gasteiger partial charge on any atom is 0.0604 e. The minimum atomic E-state index is 0.0217. The van der Waals surface area contributed by atoms with Gasteiger partial charge < -0.3 is 5.32 Å². The van der Waals surface area contributed by atoms with E-state index >= 15 is 0 Å². The molecule has 1 N–H and O–H groups in total. The van der Waals surface area contributed by atoms with E-state index < -0.39 is 0 Å². The first kappa shape index (κ1) is 12.4. The molecule has 1 unspecified atom stereocenters. The number of nitrogens with one attached hydrogen (secondary N) is 1. The van der Waals surface area contributed by atoms with Gasteiger partial charge in [-0.05, 0) is 36.4 Å². The monoisotopic (exact) mass is 266 g/mol. The van der Waals surface area contributed by atoms with Crippen LogP contribution in [0, 0.1) is 0 Å². The van der Waals surface area contributed by atoms with Gasteiger partial charge in [-0.2, -0.15) is 0 Å². The summed E-state index contributed by atoms with van der Waals surface area (Å²) < 4.78 is 0. The molecule has 1 heterocycles. The number of nitrogens with zero attached hydrogens (tertiary/aromatic N) is 1. The largest absolute Gasteiger partial charge is 0.309 e. The predicted octanol–water partition coefficient (Wildman–Crippen LogP) is 3.70. The van der Waals surface area contributed by atoms with Crippen molar-refractivity contribution in [2.24, 2.45) is 0 Å². The van der Waals surface area contributed by atoms with Crippen LogP contribution >= 0.6 is 23.2 Å². The Morgan fingerprint density at radius 1 is 1.24 bits per heavy atom. The number of benzene rings is 1. The average molecular weight is 267 g/mol. The fourth-order valence-electron chi connectivity index (χ4n) is 1.78. The summed E-state index contributed by atoms with van der Waals surface area (Å²) in [5.41, 5.74) is 2.06. The van der Waals surface area contributed by atoms with Gasteiger partial charge >= 0.3 is 0 Å². The van der Waals surface area contributed by atoms with Crippen LogP contribution in [0.3, 0.4) is 0 Å². The Bertz CT molecular complexity index is 500. The highest BCUT2D eigenvalue weighted by Gasteiger charge is 2.15. The highest BCUT2D eigenvalue weighted by Crippen LogP contribution is 2.29. The second-order valence-electron chi connectivity index (χ2n) is 3.67. The molecule has 0 saturated heterocycles. The number of halogens is 2. The molecule has 2 nitrogen and oxygen atoms in total. The molecule has 1 atom stereocenters. The average Bonchev–Trinajstić information content (AvgIpc) is 2.34. The number of hydrogen-bond donors (Lipinski definition) is 1. The molecular weight excluding hydrogens is 255 g/mol. The summed E-state index contributed by atoms with van der Waals surface area (Å²) in [7, 11) is 1.89. The van der Waals surface area contributed by atoms with Crippen molar-refractivity contribution in [3.8, 4) is 0 Å². The van der Waals surface area contributed by atoms with Gasteiger partial charge in [0.2, 0.25) is 0 Å². The molecule has 17 heavy (non-hydrogen) atoms. The van der Waals surface area contributed by atoms with Gasteiger partial charge in [0, 0.05) is 22.4 Å². The fourth-order valence-corrected chi connectivity index (χ4v) is 2.30. The molecule has 1 aromatic carbocycles. The van der Waals surface area contributed by atoms with E-state index in [1.807, 2.05) is 37.5 Å². The first-order chi connectivity index (χ1) is 8.22. The highest BCUT2D eigenvalue weighted by atomic mass is 35.5. The second kappa shape index (κ2) is 5.50. The van der Waals surface area contributed by atoms with Gasteiger partial charge in [-0.15, -0.1) is 0 Å². The lowest BCUT2D eigenvalue weighted by molar-refractivity contribution is 0.689. The molecule has 1 aromatic heterocycles. The van der Waals surface area contributed by atoms with Crippen LogP contribution in [0.5, 0.6) is 0 Å². The molecule has 2 rings (SSSR count). The van der Waals surface area contributed by atoms with Crippen molar-refractivity contribution in [2.45, 2.75) is 6.04 Å². The normalized spacial score (nSPS) is 12.4. The molecule has 0 radical (unpaired) electrons. The predicted molar refractivity (Wildman–Crippen MR) is 71.6 cm³/mol. The summed E-state index contributed by atoms with van der Waals surface area (Å²) in [5, 5.41) is 4.52. The zero-order valence-electron chi connectivity index (χ0n) is 9.32. The molecule has 0 spiro atoms. The van der Waals surface area contributed by atoms with E-state index in [0.717, 1.165) is 11.1 Å². The van der Waals surface area contributed by atoms with Crippen molar-refractivity contribution in [3.63, 3.8) is 0 Å². The Balaban J connectivity index is 2.42. The van der Waals surface area contributed by atoms with Crippen molar-refractivity contribution in [1.29, 1.82) is 0 Å². The van der Waals surface area contributed by atoms with Gasteiger partial charge in [0.25, 0.3) is 0 Å². The topological polar surface area (TPSA) is 24.9 Å². The van der Waals surface area contributed by atoms with Crippen LogP contribution in [0.2, 0.25) is 10.0 Å². The third-order valence-electron chi connectivity index (χ3n) is 2.58. The second-order valence-corrected chi connectivity index (χ2v) is 4.52. The Hall–Kier alpha value is -1.09. The lowest BCUT2D eigenvalue weighted by atomic mass is 10.0. The summed E-state index contributed by atoms with van der Waals surface area (Å²) in [4.78, 5) is 4.12. The Labute approximate surface area is 111 Å². The number of pyridine rings is 1. The quantitative estimate of drug-likeness (QED) is 0.917. The highest BCUT2D eigenvalue weighted by molar-refractivity contribution is 6.35. The molecule has 4 heteroatoms. The summed E-state index contributed by atoms with van der Waals surface area (Å²) in [5.74, 6) is 0. The molecule has 0 amide bonds. The van der Waals surface area contributed by atoms with E-state index in [9.17, 15) is 0 Å². The first-order valence-corrected chi connectivity index (χ1v) is 6.00. The van der Waals surface area contributed by atoms with Gasteiger partial charge in [0.1, 0.15) is 0 Å². The number of hydrogen-bond acceptors (Lipinski definition) is 2. The Morgan fingerprint density at radius 2 is 2.06 bits per heavy atom. The van der Waals surface area contributed by atoms with E-state index in [1.165, 1.54) is 0 Å². The molecular formula is C13H12Cl2N2. The van der Waals surface area contributed by atoms with E-state index in [-0.39, 0.29) is 6.04 Å². The van der Waals surface area contributed by atoms with Gasteiger partial charge in [-0.25, -0.2) is 0 Å². The van der Waals surface area contributed by atoms with E-state index in [1.54, 1.807) is 12.3 Å². The van der Waals surface area contributed by atoms with Crippen molar-refractivity contribution in [3.05, 3.63) is 63.9 Å².